The van der Waals surface area contributed by atoms with E-state index in [-0.39, 0.29) is 0 Å². The Labute approximate surface area is 143 Å². The van der Waals surface area contributed by atoms with Gasteiger partial charge in [-0.3, -0.25) is 0 Å². The molecule has 0 aliphatic carbocycles. The lowest BCUT2D eigenvalue weighted by molar-refractivity contribution is 0.413. The van der Waals surface area contributed by atoms with E-state index in [4.69, 9.17) is 4.74 Å². The van der Waals surface area contributed by atoms with Crippen LogP contribution in [0.1, 0.15) is 77.2 Å². The zero-order valence-corrected chi connectivity index (χ0v) is 15.4. The first kappa shape index (κ1) is 18.2. The summed E-state index contributed by atoms with van der Waals surface area (Å²) in [6.07, 6.45) is 13.3. The van der Waals surface area contributed by atoms with E-state index in [0.717, 1.165) is 5.75 Å². The molecule has 1 unspecified atom stereocenters. The van der Waals surface area contributed by atoms with Crippen molar-refractivity contribution >= 4 is 5.69 Å². The van der Waals surface area contributed by atoms with Gasteiger partial charge in [-0.2, -0.15) is 0 Å². The predicted octanol–water partition coefficient (Wildman–Crippen LogP) is 5.98. The van der Waals surface area contributed by atoms with E-state index in [9.17, 15) is 0 Å². The highest BCUT2D eigenvalue weighted by Gasteiger charge is 2.23. The third-order valence-electron chi connectivity index (χ3n) is 5.14. The SMILES string of the molecule is CCCCCCCC(CCC)N1CCCc2cc(OC)ccc21. The molecule has 1 aromatic rings. The molecule has 2 rings (SSSR count). The molecule has 0 amide bonds. The molecule has 0 N–H and O–H groups in total. The first-order chi connectivity index (χ1) is 11.3. The van der Waals surface area contributed by atoms with E-state index in [1.807, 2.05) is 0 Å². The summed E-state index contributed by atoms with van der Waals surface area (Å²) in [5.74, 6) is 0.997. The second-order valence-corrected chi connectivity index (χ2v) is 6.94. The molecular weight excluding hydrogens is 282 g/mol. The molecule has 0 fully saturated rings. The molecule has 2 nitrogen and oxygen atoms in total. The lowest BCUT2D eigenvalue weighted by Crippen LogP contribution is -2.39. The second kappa shape index (κ2) is 9.85. The number of hydrogen-bond acceptors (Lipinski definition) is 2. The van der Waals surface area contributed by atoms with Gasteiger partial charge in [-0.25, -0.2) is 0 Å². The Morgan fingerprint density at radius 1 is 1.04 bits per heavy atom. The van der Waals surface area contributed by atoms with Crippen LogP contribution in [-0.4, -0.2) is 19.7 Å². The quantitative estimate of drug-likeness (QED) is 0.492. The Morgan fingerprint density at radius 3 is 2.61 bits per heavy atom. The molecule has 0 aromatic heterocycles. The van der Waals surface area contributed by atoms with Crippen LogP contribution < -0.4 is 9.64 Å². The minimum Gasteiger partial charge on any atom is -0.497 e. The summed E-state index contributed by atoms with van der Waals surface area (Å²) in [6, 6.07) is 7.37. The first-order valence-electron chi connectivity index (χ1n) is 9.73. The number of hydrogen-bond donors (Lipinski definition) is 0. The maximum atomic E-state index is 5.41. The van der Waals surface area contributed by atoms with Gasteiger partial charge in [0.05, 0.1) is 7.11 Å². The van der Waals surface area contributed by atoms with Crippen LogP contribution in [0.5, 0.6) is 5.75 Å². The average molecular weight is 318 g/mol. The molecule has 0 spiro atoms. The second-order valence-electron chi connectivity index (χ2n) is 6.94. The Balaban J connectivity index is 2.02. The maximum Gasteiger partial charge on any atom is 0.119 e. The van der Waals surface area contributed by atoms with E-state index in [0.29, 0.717) is 6.04 Å². The molecule has 2 heteroatoms. The lowest BCUT2D eigenvalue weighted by atomic mass is 9.95. The van der Waals surface area contributed by atoms with Crippen molar-refractivity contribution in [1.82, 2.24) is 0 Å². The summed E-state index contributed by atoms with van der Waals surface area (Å²) >= 11 is 0. The topological polar surface area (TPSA) is 12.5 Å². The Morgan fingerprint density at radius 2 is 1.87 bits per heavy atom. The molecular formula is C21H35NO. The Kier molecular flexibility index (Phi) is 7.78. The average Bonchev–Trinajstić information content (AvgIpc) is 2.59. The van der Waals surface area contributed by atoms with E-state index in [2.05, 4.69) is 36.9 Å². The normalized spacial score (nSPS) is 15.3. The van der Waals surface area contributed by atoms with Gasteiger partial charge in [0.15, 0.2) is 0 Å². The van der Waals surface area contributed by atoms with Gasteiger partial charge in [-0.15, -0.1) is 0 Å². The number of aryl methyl sites for hydroxylation is 1. The van der Waals surface area contributed by atoms with Crippen molar-refractivity contribution in [2.75, 3.05) is 18.6 Å². The highest BCUT2D eigenvalue weighted by atomic mass is 16.5. The number of methoxy groups -OCH3 is 1. The zero-order valence-electron chi connectivity index (χ0n) is 15.4. The number of benzene rings is 1. The zero-order chi connectivity index (χ0) is 16.5. The fraction of sp³-hybridized carbons (Fsp3) is 0.714. The van der Waals surface area contributed by atoms with Crippen molar-refractivity contribution < 1.29 is 4.74 Å². The van der Waals surface area contributed by atoms with Crippen LogP contribution in [0.4, 0.5) is 5.69 Å². The van der Waals surface area contributed by atoms with Crippen LogP contribution in [0.3, 0.4) is 0 Å². The standard InChI is InChI=1S/C21H35NO/c1-4-6-7-8-9-13-19(11-5-2)22-16-10-12-18-17-20(23-3)14-15-21(18)22/h14-15,17,19H,4-13,16H2,1-3H3. The molecule has 1 heterocycles. The fourth-order valence-corrected chi connectivity index (χ4v) is 3.88. The molecule has 23 heavy (non-hydrogen) atoms. The molecule has 0 saturated heterocycles. The highest BCUT2D eigenvalue weighted by molar-refractivity contribution is 5.58. The van der Waals surface area contributed by atoms with Crippen LogP contribution >= 0.6 is 0 Å². The molecule has 130 valence electrons. The van der Waals surface area contributed by atoms with Gasteiger partial charge in [0.1, 0.15) is 5.75 Å². The summed E-state index contributed by atoms with van der Waals surface area (Å²) in [4.78, 5) is 2.70. The number of fused-ring (bicyclic) bond motifs is 1. The maximum absolute atomic E-state index is 5.41. The largest absolute Gasteiger partial charge is 0.497 e. The number of unbranched alkanes of at least 4 members (excludes halogenated alkanes) is 4. The van der Waals surface area contributed by atoms with Crippen LogP contribution in [0.15, 0.2) is 18.2 Å². The number of rotatable bonds is 10. The van der Waals surface area contributed by atoms with E-state index in [1.165, 1.54) is 82.0 Å². The van der Waals surface area contributed by atoms with Gasteiger partial charge in [0.2, 0.25) is 0 Å². The van der Waals surface area contributed by atoms with Gasteiger partial charge >= 0.3 is 0 Å². The van der Waals surface area contributed by atoms with Crippen molar-refractivity contribution in [2.45, 2.75) is 84.1 Å². The Bertz CT molecular complexity index is 457. The van der Waals surface area contributed by atoms with E-state index in [1.54, 1.807) is 7.11 Å². The number of nitrogens with zero attached hydrogens (tertiary/aromatic N) is 1. The third kappa shape index (κ3) is 5.16. The van der Waals surface area contributed by atoms with Crippen molar-refractivity contribution in [3.05, 3.63) is 23.8 Å². The van der Waals surface area contributed by atoms with Crippen molar-refractivity contribution in [2.24, 2.45) is 0 Å². The summed E-state index contributed by atoms with van der Waals surface area (Å²) in [5, 5.41) is 0. The van der Waals surface area contributed by atoms with Crippen LogP contribution in [0.25, 0.3) is 0 Å². The minimum atomic E-state index is 0.717. The predicted molar refractivity (Wildman–Crippen MR) is 101 cm³/mol. The highest BCUT2D eigenvalue weighted by Crippen LogP contribution is 2.33. The van der Waals surface area contributed by atoms with E-state index < -0.39 is 0 Å². The van der Waals surface area contributed by atoms with Crippen LogP contribution in [0, 0.1) is 0 Å². The molecule has 1 aliphatic rings. The van der Waals surface area contributed by atoms with Gasteiger partial charge in [0, 0.05) is 18.3 Å². The summed E-state index contributed by atoms with van der Waals surface area (Å²) in [6.45, 7) is 5.83. The number of anilines is 1. The minimum absolute atomic E-state index is 0.717. The molecule has 1 atom stereocenters. The van der Waals surface area contributed by atoms with Gasteiger partial charge in [-0.1, -0.05) is 52.4 Å². The van der Waals surface area contributed by atoms with Crippen molar-refractivity contribution in [3.8, 4) is 5.75 Å². The molecule has 0 radical (unpaired) electrons. The Hall–Kier alpha value is -1.18. The summed E-state index contributed by atoms with van der Waals surface area (Å²) < 4.78 is 5.41. The molecule has 1 aromatic carbocycles. The number of ether oxygens (including phenoxy) is 1. The van der Waals surface area contributed by atoms with Crippen molar-refractivity contribution in [1.29, 1.82) is 0 Å². The molecule has 1 aliphatic heterocycles. The summed E-state index contributed by atoms with van der Waals surface area (Å²) in [5.41, 5.74) is 2.94. The van der Waals surface area contributed by atoms with E-state index >= 15 is 0 Å². The van der Waals surface area contributed by atoms with Gasteiger partial charge < -0.3 is 9.64 Å². The van der Waals surface area contributed by atoms with Gasteiger partial charge in [-0.05, 0) is 49.4 Å². The van der Waals surface area contributed by atoms with Crippen molar-refractivity contribution in [3.63, 3.8) is 0 Å². The fourth-order valence-electron chi connectivity index (χ4n) is 3.88. The third-order valence-corrected chi connectivity index (χ3v) is 5.14. The lowest BCUT2D eigenvalue weighted by Gasteiger charge is -2.38. The molecule has 0 bridgehead atoms. The van der Waals surface area contributed by atoms with Crippen LogP contribution in [-0.2, 0) is 6.42 Å². The molecule has 0 saturated carbocycles. The van der Waals surface area contributed by atoms with Crippen LogP contribution in [0.2, 0.25) is 0 Å². The monoisotopic (exact) mass is 317 g/mol. The summed E-state index contributed by atoms with van der Waals surface area (Å²) in [7, 11) is 1.76. The smallest absolute Gasteiger partial charge is 0.119 e. The van der Waals surface area contributed by atoms with Gasteiger partial charge in [0.25, 0.3) is 0 Å². The first-order valence-corrected chi connectivity index (χ1v) is 9.73.